The Kier molecular flexibility index (Phi) is 5.50. The summed E-state index contributed by atoms with van der Waals surface area (Å²) in [5, 5.41) is 13.0. The second kappa shape index (κ2) is 8.37. The normalized spacial score (nSPS) is 11.1. The highest BCUT2D eigenvalue weighted by atomic mass is 35.5. The van der Waals surface area contributed by atoms with Gasteiger partial charge in [0.25, 0.3) is 0 Å². The fourth-order valence-corrected chi connectivity index (χ4v) is 3.14. The molecule has 28 heavy (non-hydrogen) atoms. The number of furan rings is 1. The molecule has 0 unspecified atom stereocenters. The summed E-state index contributed by atoms with van der Waals surface area (Å²) in [7, 11) is 0. The van der Waals surface area contributed by atoms with Crippen LogP contribution in [0.3, 0.4) is 0 Å². The number of nitrogens with zero attached hydrogens (tertiary/aromatic N) is 3. The van der Waals surface area contributed by atoms with Crippen LogP contribution in [0.5, 0.6) is 0 Å². The predicted octanol–water partition coefficient (Wildman–Crippen LogP) is 4.67. The standard InChI is InChI=1S/C21H18ClFN4O/c22-19-11-17(23)9-8-16(19)14-27-25-20(13-24-12-18-7-4-10-28-18)21(26-27)15-5-2-1-3-6-15/h1-11,24H,12-14H2. The SMILES string of the molecule is Fc1ccc(Cn2nc(CNCc3ccco3)c(-c3ccccc3)n2)c(Cl)c1. The van der Waals surface area contributed by atoms with Gasteiger partial charge in [0, 0.05) is 17.1 Å². The number of rotatable bonds is 7. The largest absolute Gasteiger partial charge is 0.468 e. The van der Waals surface area contributed by atoms with E-state index in [1.165, 1.54) is 12.1 Å². The topological polar surface area (TPSA) is 55.9 Å². The van der Waals surface area contributed by atoms with Crippen molar-refractivity contribution in [1.29, 1.82) is 0 Å². The van der Waals surface area contributed by atoms with Gasteiger partial charge in [-0.25, -0.2) is 4.39 Å². The van der Waals surface area contributed by atoms with Gasteiger partial charge in [0.05, 0.1) is 19.4 Å². The highest BCUT2D eigenvalue weighted by Crippen LogP contribution is 2.22. The van der Waals surface area contributed by atoms with E-state index in [1.54, 1.807) is 17.1 Å². The molecule has 4 aromatic rings. The van der Waals surface area contributed by atoms with E-state index in [9.17, 15) is 4.39 Å². The molecule has 5 nitrogen and oxygen atoms in total. The molecule has 0 aliphatic carbocycles. The summed E-state index contributed by atoms with van der Waals surface area (Å²) in [4.78, 5) is 1.59. The third-order valence-corrected chi connectivity index (χ3v) is 4.62. The van der Waals surface area contributed by atoms with E-state index in [-0.39, 0.29) is 5.82 Å². The van der Waals surface area contributed by atoms with E-state index in [2.05, 4.69) is 15.5 Å². The average Bonchev–Trinajstić information content (AvgIpc) is 3.35. The van der Waals surface area contributed by atoms with Gasteiger partial charge in [-0.05, 0) is 29.8 Å². The molecule has 2 heterocycles. The quantitative estimate of drug-likeness (QED) is 0.493. The molecule has 0 amide bonds. The van der Waals surface area contributed by atoms with Crippen molar-refractivity contribution in [2.75, 3.05) is 0 Å². The maximum Gasteiger partial charge on any atom is 0.124 e. The Labute approximate surface area is 166 Å². The van der Waals surface area contributed by atoms with Gasteiger partial charge in [0.2, 0.25) is 0 Å². The van der Waals surface area contributed by atoms with E-state index >= 15 is 0 Å². The Hall–Kier alpha value is -2.96. The van der Waals surface area contributed by atoms with Crippen molar-refractivity contribution in [3.63, 3.8) is 0 Å². The Bertz CT molecular complexity index is 1050. The van der Waals surface area contributed by atoms with E-state index in [0.29, 0.717) is 24.7 Å². The van der Waals surface area contributed by atoms with E-state index in [4.69, 9.17) is 16.0 Å². The molecule has 1 N–H and O–H groups in total. The van der Waals surface area contributed by atoms with Crippen molar-refractivity contribution in [3.05, 3.63) is 94.8 Å². The lowest BCUT2D eigenvalue weighted by Gasteiger charge is -2.03. The van der Waals surface area contributed by atoms with Crippen molar-refractivity contribution < 1.29 is 8.81 Å². The monoisotopic (exact) mass is 396 g/mol. The van der Waals surface area contributed by atoms with Gasteiger partial charge in [0.15, 0.2) is 0 Å². The molecular weight excluding hydrogens is 379 g/mol. The maximum atomic E-state index is 13.3. The average molecular weight is 397 g/mol. The highest BCUT2D eigenvalue weighted by molar-refractivity contribution is 6.31. The van der Waals surface area contributed by atoms with E-state index in [1.807, 2.05) is 42.5 Å². The third-order valence-electron chi connectivity index (χ3n) is 4.27. The molecule has 0 saturated carbocycles. The summed E-state index contributed by atoms with van der Waals surface area (Å²) in [6.07, 6.45) is 1.65. The van der Waals surface area contributed by atoms with Crippen molar-refractivity contribution in [3.8, 4) is 11.3 Å². The van der Waals surface area contributed by atoms with Crippen LogP contribution in [0.1, 0.15) is 17.0 Å². The molecule has 0 saturated heterocycles. The first kappa shape index (κ1) is 18.4. The van der Waals surface area contributed by atoms with Crippen molar-refractivity contribution in [1.82, 2.24) is 20.3 Å². The van der Waals surface area contributed by atoms with Gasteiger partial charge in [-0.15, -0.1) is 0 Å². The molecule has 4 rings (SSSR count). The minimum absolute atomic E-state index is 0.357. The van der Waals surface area contributed by atoms with Crippen LogP contribution in [-0.2, 0) is 19.6 Å². The summed E-state index contributed by atoms with van der Waals surface area (Å²) in [6, 6.07) is 18.0. The highest BCUT2D eigenvalue weighted by Gasteiger charge is 2.14. The second-order valence-corrected chi connectivity index (χ2v) is 6.72. The number of hydrogen-bond acceptors (Lipinski definition) is 4. The Morgan fingerprint density at radius 3 is 2.61 bits per heavy atom. The molecule has 0 fully saturated rings. The van der Waals surface area contributed by atoms with Gasteiger partial charge in [-0.2, -0.15) is 15.0 Å². The summed E-state index contributed by atoms with van der Waals surface area (Å²) in [5.74, 6) is 0.488. The lowest BCUT2D eigenvalue weighted by molar-refractivity contribution is 0.480. The van der Waals surface area contributed by atoms with Gasteiger partial charge in [0.1, 0.15) is 23.0 Å². The van der Waals surface area contributed by atoms with Crippen LogP contribution < -0.4 is 5.32 Å². The van der Waals surface area contributed by atoms with Crippen molar-refractivity contribution in [2.24, 2.45) is 0 Å². The van der Waals surface area contributed by atoms with Crippen LogP contribution in [0, 0.1) is 5.82 Å². The first-order valence-corrected chi connectivity index (χ1v) is 9.23. The molecule has 0 spiro atoms. The summed E-state index contributed by atoms with van der Waals surface area (Å²) >= 11 is 6.15. The van der Waals surface area contributed by atoms with Crippen molar-refractivity contribution >= 4 is 11.6 Å². The fourth-order valence-electron chi connectivity index (χ4n) is 2.91. The van der Waals surface area contributed by atoms with Crippen LogP contribution in [0.4, 0.5) is 4.39 Å². The summed E-state index contributed by atoms with van der Waals surface area (Å²) in [6.45, 7) is 1.48. The van der Waals surface area contributed by atoms with Gasteiger partial charge in [-0.1, -0.05) is 48.0 Å². The zero-order valence-electron chi connectivity index (χ0n) is 15.0. The zero-order valence-corrected chi connectivity index (χ0v) is 15.7. The van der Waals surface area contributed by atoms with Gasteiger partial charge in [-0.3, -0.25) is 0 Å². The van der Waals surface area contributed by atoms with Crippen LogP contribution in [0.15, 0.2) is 71.3 Å². The summed E-state index contributed by atoms with van der Waals surface area (Å²) in [5.41, 5.74) is 3.35. The second-order valence-electron chi connectivity index (χ2n) is 6.31. The first-order valence-electron chi connectivity index (χ1n) is 8.85. The first-order chi connectivity index (χ1) is 13.7. The van der Waals surface area contributed by atoms with Gasteiger partial charge < -0.3 is 9.73 Å². The number of nitrogens with one attached hydrogen (secondary N) is 1. The number of aromatic nitrogens is 3. The fraction of sp³-hybridized carbons (Fsp3) is 0.143. The molecule has 2 aromatic heterocycles. The molecule has 7 heteroatoms. The maximum absolute atomic E-state index is 13.3. The molecule has 2 aromatic carbocycles. The van der Waals surface area contributed by atoms with E-state index in [0.717, 1.165) is 28.3 Å². The Morgan fingerprint density at radius 2 is 1.86 bits per heavy atom. The summed E-state index contributed by atoms with van der Waals surface area (Å²) < 4.78 is 18.6. The van der Waals surface area contributed by atoms with E-state index < -0.39 is 0 Å². The van der Waals surface area contributed by atoms with Crippen LogP contribution in [0.25, 0.3) is 11.3 Å². The minimum Gasteiger partial charge on any atom is -0.468 e. The molecule has 0 bridgehead atoms. The molecular formula is C21H18ClFN4O. The van der Waals surface area contributed by atoms with Gasteiger partial charge >= 0.3 is 0 Å². The van der Waals surface area contributed by atoms with Crippen molar-refractivity contribution in [2.45, 2.75) is 19.6 Å². The Morgan fingerprint density at radius 1 is 1.00 bits per heavy atom. The minimum atomic E-state index is -0.366. The third kappa shape index (κ3) is 4.30. The molecule has 0 aliphatic heterocycles. The van der Waals surface area contributed by atoms with Crippen LogP contribution >= 0.6 is 11.6 Å². The predicted molar refractivity (Wildman–Crippen MR) is 105 cm³/mol. The molecule has 0 aliphatic rings. The molecule has 0 radical (unpaired) electrons. The lowest BCUT2D eigenvalue weighted by Crippen LogP contribution is -2.13. The van der Waals surface area contributed by atoms with Crippen LogP contribution in [-0.4, -0.2) is 15.0 Å². The Balaban J connectivity index is 1.58. The number of hydrogen-bond donors (Lipinski definition) is 1. The van der Waals surface area contributed by atoms with Crippen LogP contribution in [0.2, 0.25) is 5.02 Å². The lowest BCUT2D eigenvalue weighted by atomic mass is 10.1. The number of halogens is 2. The number of benzene rings is 2. The molecule has 0 atom stereocenters. The smallest absolute Gasteiger partial charge is 0.124 e. The zero-order chi connectivity index (χ0) is 19.3. The molecule has 142 valence electrons.